The lowest BCUT2D eigenvalue weighted by atomic mass is 9.96. The van der Waals surface area contributed by atoms with Crippen molar-refractivity contribution in [2.45, 2.75) is 13.1 Å². The minimum absolute atomic E-state index is 0.533. The van der Waals surface area contributed by atoms with Gasteiger partial charge >= 0.3 is 0 Å². The molecule has 0 unspecified atom stereocenters. The van der Waals surface area contributed by atoms with Gasteiger partial charge in [-0.05, 0) is 24.3 Å². The Morgan fingerprint density at radius 3 is 1.34 bits per heavy atom. The second-order valence-corrected chi connectivity index (χ2v) is 8.20. The van der Waals surface area contributed by atoms with Crippen molar-refractivity contribution in [1.29, 1.82) is 0 Å². The molecule has 0 atom stereocenters. The van der Waals surface area contributed by atoms with Crippen LogP contribution in [0.4, 0.5) is 11.4 Å². The molecule has 4 heteroatoms. The number of para-hydroxylation sites is 4. The first-order chi connectivity index (χ1) is 15.9. The first-order valence-electron chi connectivity index (χ1n) is 11.0. The van der Waals surface area contributed by atoms with Gasteiger partial charge in [-0.3, -0.25) is 0 Å². The lowest BCUT2D eigenvalue weighted by Crippen LogP contribution is -2.32. The molecule has 2 heterocycles. The Hall–Kier alpha value is -3.92. The Labute approximate surface area is 188 Å². The third-order valence-corrected chi connectivity index (χ3v) is 6.18. The molecule has 2 aliphatic rings. The van der Waals surface area contributed by atoms with Crippen molar-refractivity contribution in [3.05, 3.63) is 108 Å². The van der Waals surface area contributed by atoms with Crippen LogP contribution in [0.3, 0.4) is 0 Å². The number of ether oxygens (including phenoxy) is 2. The van der Waals surface area contributed by atoms with Crippen molar-refractivity contribution < 1.29 is 9.47 Å². The maximum Gasteiger partial charge on any atom is 0.161 e. The van der Waals surface area contributed by atoms with Crippen molar-refractivity contribution in [2.24, 2.45) is 0 Å². The summed E-state index contributed by atoms with van der Waals surface area (Å²) in [6.07, 6.45) is 0. The molecule has 0 bridgehead atoms. The first kappa shape index (κ1) is 18.8. The molecule has 4 aromatic rings. The largest absolute Gasteiger partial charge is 0.472 e. The van der Waals surface area contributed by atoms with Crippen molar-refractivity contribution in [3.8, 4) is 22.6 Å². The van der Waals surface area contributed by atoms with Crippen LogP contribution in [0.1, 0.15) is 11.1 Å². The highest BCUT2D eigenvalue weighted by molar-refractivity contribution is 5.79. The Kier molecular flexibility index (Phi) is 4.69. The quantitative estimate of drug-likeness (QED) is 0.402. The fraction of sp³-hybridized carbons (Fsp3) is 0.143. The Morgan fingerprint density at radius 1 is 0.469 bits per heavy atom. The van der Waals surface area contributed by atoms with Crippen molar-refractivity contribution in [2.75, 3.05) is 23.3 Å². The molecule has 0 aromatic heterocycles. The molecule has 0 saturated heterocycles. The van der Waals surface area contributed by atoms with Gasteiger partial charge in [-0.1, -0.05) is 72.8 Å². The minimum Gasteiger partial charge on any atom is -0.472 e. The van der Waals surface area contributed by atoms with Crippen LogP contribution in [-0.4, -0.2) is 13.5 Å². The van der Waals surface area contributed by atoms with E-state index in [2.05, 4.69) is 94.7 Å². The number of nitrogens with zero attached hydrogens (tertiary/aromatic N) is 2. The fourth-order valence-corrected chi connectivity index (χ4v) is 4.58. The molecule has 32 heavy (non-hydrogen) atoms. The van der Waals surface area contributed by atoms with Crippen LogP contribution in [0.15, 0.2) is 97.1 Å². The molecular weight excluding hydrogens is 396 g/mol. The zero-order valence-electron chi connectivity index (χ0n) is 17.8. The van der Waals surface area contributed by atoms with Crippen LogP contribution in [-0.2, 0) is 13.1 Å². The Morgan fingerprint density at radius 2 is 0.906 bits per heavy atom. The van der Waals surface area contributed by atoms with Crippen molar-refractivity contribution in [3.63, 3.8) is 0 Å². The molecule has 0 N–H and O–H groups in total. The summed E-state index contributed by atoms with van der Waals surface area (Å²) < 4.78 is 12.6. The maximum atomic E-state index is 6.32. The van der Waals surface area contributed by atoms with Gasteiger partial charge in [0, 0.05) is 46.7 Å². The molecule has 0 amide bonds. The van der Waals surface area contributed by atoms with E-state index >= 15 is 0 Å². The minimum atomic E-state index is 0.533. The number of hydrogen-bond donors (Lipinski definition) is 0. The zero-order chi connectivity index (χ0) is 21.3. The van der Waals surface area contributed by atoms with Gasteiger partial charge in [-0.25, -0.2) is 0 Å². The average Bonchev–Trinajstić information content (AvgIpc) is 2.88. The number of anilines is 2. The predicted molar refractivity (Wildman–Crippen MR) is 128 cm³/mol. The Bertz CT molecular complexity index is 1140. The van der Waals surface area contributed by atoms with E-state index in [-0.39, 0.29) is 0 Å². The van der Waals surface area contributed by atoms with Gasteiger partial charge in [0.15, 0.2) is 13.5 Å². The van der Waals surface area contributed by atoms with E-state index in [1.54, 1.807) is 0 Å². The average molecular weight is 421 g/mol. The summed E-state index contributed by atoms with van der Waals surface area (Å²) in [6, 6.07) is 33.6. The van der Waals surface area contributed by atoms with Crippen LogP contribution in [0.5, 0.6) is 11.5 Å². The summed E-state index contributed by atoms with van der Waals surface area (Å²) in [5.41, 5.74) is 6.92. The SMILES string of the molecule is c1ccc(N2COc3c(cccc3-c3cccc4c3OCN(c3ccccc3)C4)C2)cc1. The zero-order valence-corrected chi connectivity index (χ0v) is 17.8. The molecular formula is C28H24N2O2. The number of fused-ring (bicyclic) bond motifs is 2. The van der Waals surface area contributed by atoms with Gasteiger partial charge in [0.2, 0.25) is 0 Å². The fourth-order valence-electron chi connectivity index (χ4n) is 4.58. The third-order valence-electron chi connectivity index (χ3n) is 6.18. The van der Waals surface area contributed by atoms with E-state index in [0.29, 0.717) is 13.5 Å². The first-order valence-corrected chi connectivity index (χ1v) is 11.0. The lowest BCUT2D eigenvalue weighted by molar-refractivity contribution is 0.286. The van der Waals surface area contributed by atoms with Gasteiger partial charge in [0.1, 0.15) is 11.5 Å². The molecule has 0 saturated carbocycles. The normalized spacial score (nSPS) is 14.8. The van der Waals surface area contributed by atoms with Crippen LogP contribution in [0.2, 0.25) is 0 Å². The summed E-state index contributed by atoms with van der Waals surface area (Å²) in [7, 11) is 0. The summed E-state index contributed by atoms with van der Waals surface area (Å²) >= 11 is 0. The van der Waals surface area contributed by atoms with Gasteiger partial charge in [-0.15, -0.1) is 0 Å². The molecule has 0 fully saturated rings. The van der Waals surface area contributed by atoms with Crippen molar-refractivity contribution in [1.82, 2.24) is 0 Å². The van der Waals surface area contributed by atoms with E-state index in [1.807, 2.05) is 12.1 Å². The van der Waals surface area contributed by atoms with Gasteiger partial charge < -0.3 is 19.3 Å². The Balaban J connectivity index is 1.33. The topological polar surface area (TPSA) is 24.9 Å². The van der Waals surface area contributed by atoms with Gasteiger partial charge in [-0.2, -0.15) is 0 Å². The molecule has 4 aromatic carbocycles. The van der Waals surface area contributed by atoms with E-state index in [1.165, 1.54) is 22.5 Å². The maximum absolute atomic E-state index is 6.32. The molecule has 158 valence electrons. The predicted octanol–water partition coefficient (Wildman–Crippen LogP) is 6.07. The highest BCUT2D eigenvalue weighted by atomic mass is 16.5. The summed E-state index contributed by atoms with van der Waals surface area (Å²) in [5.74, 6) is 1.92. The number of benzene rings is 4. The smallest absolute Gasteiger partial charge is 0.161 e. The highest BCUT2D eigenvalue weighted by Gasteiger charge is 2.25. The summed E-state index contributed by atoms with van der Waals surface area (Å²) in [5, 5.41) is 0. The molecule has 4 nitrogen and oxygen atoms in total. The number of hydrogen-bond acceptors (Lipinski definition) is 4. The van der Waals surface area contributed by atoms with Crippen LogP contribution in [0, 0.1) is 0 Å². The molecule has 6 rings (SSSR count). The van der Waals surface area contributed by atoms with Crippen LogP contribution in [0.25, 0.3) is 11.1 Å². The molecule has 0 aliphatic carbocycles. The second-order valence-electron chi connectivity index (χ2n) is 8.20. The standard InChI is InChI=1S/C28H24N2O2/c1-3-11-23(12-4-1)29-17-21-9-7-15-25(27(21)31-19-29)26-16-8-10-22-18-30(20-32-28(22)26)24-13-5-2-6-14-24/h1-16H,17-20H2. The summed E-state index contributed by atoms with van der Waals surface area (Å²) in [4.78, 5) is 4.50. The number of rotatable bonds is 3. The summed E-state index contributed by atoms with van der Waals surface area (Å²) in [6.45, 7) is 2.72. The molecule has 2 aliphatic heterocycles. The monoisotopic (exact) mass is 420 g/mol. The van der Waals surface area contributed by atoms with Gasteiger partial charge in [0.05, 0.1) is 0 Å². The second kappa shape index (κ2) is 7.97. The highest BCUT2D eigenvalue weighted by Crippen LogP contribution is 2.43. The van der Waals surface area contributed by atoms with Crippen LogP contribution >= 0.6 is 0 Å². The molecule has 0 spiro atoms. The molecule has 0 radical (unpaired) electrons. The lowest BCUT2D eigenvalue weighted by Gasteiger charge is -2.34. The van der Waals surface area contributed by atoms with E-state index in [0.717, 1.165) is 35.7 Å². The third kappa shape index (κ3) is 3.34. The van der Waals surface area contributed by atoms with E-state index < -0.39 is 0 Å². The van der Waals surface area contributed by atoms with E-state index in [4.69, 9.17) is 9.47 Å². The van der Waals surface area contributed by atoms with E-state index in [9.17, 15) is 0 Å². The van der Waals surface area contributed by atoms with Gasteiger partial charge in [0.25, 0.3) is 0 Å². The van der Waals surface area contributed by atoms with Crippen molar-refractivity contribution >= 4 is 11.4 Å². The van der Waals surface area contributed by atoms with Crippen LogP contribution < -0.4 is 19.3 Å².